The maximum Gasteiger partial charge on any atom is 0.0430 e. The third-order valence-corrected chi connectivity index (χ3v) is 4.52. The van der Waals surface area contributed by atoms with Gasteiger partial charge in [-0.1, -0.05) is 17.7 Å². The zero-order valence-corrected chi connectivity index (χ0v) is 12.4. The van der Waals surface area contributed by atoms with E-state index in [0.717, 1.165) is 6.42 Å². The van der Waals surface area contributed by atoms with Crippen LogP contribution in [0.15, 0.2) is 24.3 Å². The molecular formula is C16H21NS. The lowest BCUT2D eigenvalue weighted by molar-refractivity contribution is 0.729. The summed E-state index contributed by atoms with van der Waals surface area (Å²) in [6.45, 7) is 8.64. The number of thiophene rings is 1. The molecule has 2 N–H and O–H groups in total. The molecule has 0 spiro atoms. The molecule has 1 nitrogen and oxygen atoms in total. The van der Waals surface area contributed by atoms with E-state index in [0.29, 0.717) is 0 Å². The van der Waals surface area contributed by atoms with Crippen molar-refractivity contribution in [1.29, 1.82) is 0 Å². The van der Waals surface area contributed by atoms with Gasteiger partial charge in [0.1, 0.15) is 0 Å². The fourth-order valence-electron chi connectivity index (χ4n) is 2.51. The Hall–Kier alpha value is -1.12. The SMILES string of the molecule is Cc1cc(C)c(CC(N)c2ccc(C)s2)c(C)c1. The predicted molar refractivity (Wildman–Crippen MR) is 80.3 cm³/mol. The summed E-state index contributed by atoms with van der Waals surface area (Å²) in [6.07, 6.45) is 0.928. The van der Waals surface area contributed by atoms with E-state index in [1.165, 1.54) is 32.0 Å². The van der Waals surface area contributed by atoms with Crippen LogP contribution in [0.25, 0.3) is 0 Å². The number of aryl methyl sites for hydroxylation is 4. The highest BCUT2D eigenvalue weighted by molar-refractivity contribution is 7.12. The van der Waals surface area contributed by atoms with Crippen LogP contribution in [0.2, 0.25) is 0 Å². The van der Waals surface area contributed by atoms with E-state index < -0.39 is 0 Å². The summed E-state index contributed by atoms with van der Waals surface area (Å²) in [5.74, 6) is 0. The van der Waals surface area contributed by atoms with Crippen molar-refractivity contribution in [1.82, 2.24) is 0 Å². The predicted octanol–water partition coefficient (Wildman–Crippen LogP) is 4.22. The third kappa shape index (κ3) is 2.82. The minimum atomic E-state index is 0.115. The van der Waals surface area contributed by atoms with E-state index in [2.05, 4.69) is 52.0 Å². The van der Waals surface area contributed by atoms with Crippen molar-refractivity contribution in [3.63, 3.8) is 0 Å². The fourth-order valence-corrected chi connectivity index (χ4v) is 3.38. The molecule has 0 aliphatic carbocycles. The number of hydrogen-bond donors (Lipinski definition) is 1. The minimum absolute atomic E-state index is 0.115. The van der Waals surface area contributed by atoms with Crippen LogP contribution < -0.4 is 5.73 Å². The molecular weight excluding hydrogens is 238 g/mol. The Morgan fingerprint density at radius 2 is 1.67 bits per heavy atom. The molecule has 1 unspecified atom stereocenters. The molecule has 18 heavy (non-hydrogen) atoms. The Kier molecular flexibility index (Phi) is 3.88. The highest BCUT2D eigenvalue weighted by Gasteiger charge is 2.12. The van der Waals surface area contributed by atoms with Crippen LogP contribution in [-0.4, -0.2) is 0 Å². The van der Waals surface area contributed by atoms with Gasteiger partial charge in [0, 0.05) is 15.8 Å². The molecule has 0 saturated heterocycles. The molecule has 1 aromatic heterocycles. The monoisotopic (exact) mass is 259 g/mol. The van der Waals surface area contributed by atoms with E-state index in [1.807, 2.05) is 0 Å². The normalized spacial score (nSPS) is 12.7. The largest absolute Gasteiger partial charge is 0.323 e. The van der Waals surface area contributed by atoms with Crippen molar-refractivity contribution in [2.75, 3.05) is 0 Å². The molecule has 0 amide bonds. The topological polar surface area (TPSA) is 26.0 Å². The molecule has 2 aromatic rings. The first kappa shape index (κ1) is 13.3. The van der Waals surface area contributed by atoms with Crippen molar-refractivity contribution in [3.8, 4) is 0 Å². The maximum absolute atomic E-state index is 6.33. The quantitative estimate of drug-likeness (QED) is 0.877. The molecule has 1 aromatic carbocycles. The Morgan fingerprint density at radius 3 is 2.17 bits per heavy atom. The second-order valence-electron chi connectivity index (χ2n) is 5.14. The summed E-state index contributed by atoms with van der Waals surface area (Å²) in [5.41, 5.74) is 11.8. The van der Waals surface area contributed by atoms with Gasteiger partial charge >= 0.3 is 0 Å². The van der Waals surface area contributed by atoms with Crippen LogP contribution in [-0.2, 0) is 6.42 Å². The van der Waals surface area contributed by atoms with Gasteiger partial charge in [-0.2, -0.15) is 0 Å². The first-order valence-corrected chi connectivity index (χ1v) is 7.17. The third-order valence-electron chi connectivity index (χ3n) is 3.39. The summed E-state index contributed by atoms with van der Waals surface area (Å²) < 4.78 is 0. The smallest absolute Gasteiger partial charge is 0.0430 e. The van der Waals surface area contributed by atoms with Gasteiger partial charge in [-0.3, -0.25) is 0 Å². The number of benzene rings is 1. The van der Waals surface area contributed by atoms with Gasteiger partial charge in [0.15, 0.2) is 0 Å². The molecule has 2 rings (SSSR count). The van der Waals surface area contributed by atoms with Crippen LogP contribution >= 0.6 is 11.3 Å². The summed E-state index contributed by atoms with van der Waals surface area (Å²) in [6, 6.07) is 8.91. The van der Waals surface area contributed by atoms with E-state index in [9.17, 15) is 0 Å². The van der Waals surface area contributed by atoms with Gasteiger partial charge in [0.05, 0.1) is 0 Å². The molecule has 2 heteroatoms. The lowest BCUT2D eigenvalue weighted by Crippen LogP contribution is -2.13. The highest BCUT2D eigenvalue weighted by Crippen LogP contribution is 2.26. The molecule has 0 aliphatic rings. The van der Waals surface area contributed by atoms with Crippen LogP contribution in [0.4, 0.5) is 0 Å². The average molecular weight is 259 g/mol. The Bertz CT molecular complexity index is 531. The molecule has 0 aliphatic heterocycles. The summed E-state index contributed by atoms with van der Waals surface area (Å²) in [5, 5.41) is 0. The zero-order chi connectivity index (χ0) is 13.3. The van der Waals surface area contributed by atoms with Gasteiger partial charge in [-0.05, 0) is 62.9 Å². The number of rotatable bonds is 3. The lowest BCUT2D eigenvalue weighted by Gasteiger charge is -2.15. The second-order valence-corrected chi connectivity index (χ2v) is 6.46. The van der Waals surface area contributed by atoms with Crippen molar-refractivity contribution >= 4 is 11.3 Å². The number of hydrogen-bond acceptors (Lipinski definition) is 2. The first-order valence-electron chi connectivity index (χ1n) is 6.36. The summed E-state index contributed by atoms with van der Waals surface area (Å²) in [7, 11) is 0. The average Bonchev–Trinajstić information content (AvgIpc) is 2.70. The first-order chi connectivity index (χ1) is 8.47. The number of nitrogens with two attached hydrogens (primary N) is 1. The van der Waals surface area contributed by atoms with Crippen molar-refractivity contribution < 1.29 is 0 Å². The van der Waals surface area contributed by atoms with Gasteiger partial charge < -0.3 is 5.73 Å². The lowest BCUT2D eigenvalue weighted by atomic mass is 9.94. The molecule has 1 atom stereocenters. The molecule has 0 bridgehead atoms. The zero-order valence-electron chi connectivity index (χ0n) is 11.6. The fraction of sp³-hybridized carbons (Fsp3) is 0.375. The van der Waals surface area contributed by atoms with E-state index in [1.54, 1.807) is 11.3 Å². The van der Waals surface area contributed by atoms with Crippen molar-refractivity contribution in [2.45, 2.75) is 40.2 Å². The van der Waals surface area contributed by atoms with Crippen LogP contribution in [0.1, 0.15) is 38.0 Å². The molecule has 0 saturated carbocycles. The van der Waals surface area contributed by atoms with Gasteiger partial charge in [-0.25, -0.2) is 0 Å². The molecule has 96 valence electrons. The van der Waals surface area contributed by atoms with E-state index in [-0.39, 0.29) is 6.04 Å². The van der Waals surface area contributed by atoms with Crippen molar-refractivity contribution in [2.24, 2.45) is 5.73 Å². The second kappa shape index (κ2) is 5.25. The molecule has 0 radical (unpaired) electrons. The highest BCUT2D eigenvalue weighted by atomic mass is 32.1. The molecule has 0 fully saturated rings. The van der Waals surface area contributed by atoms with Gasteiger partial charge in [-0.15, -0.1) is 11.3 Å². The van der Waals surface area contributed by atoms with Gasteiger partial charge in [0.25, 0.3) is 0 Å². The Labute approximate surface area is 114 Å². The van der Waals surface area contributed by atoms with Gasteiger partial charge in [0.2, 0.25) is 0 Å². The standard InChI is InChI=1S/C16H21NS/c1-10-7-11(2)14(12(3)8-10)9-15(17)16-6-5-13(4)18-16/h5-8,15H,9,17H2,1-4H3. The van der Waals surface area contributed by atoms with Crippen LogP contribution in [0.5, 0.6) is 0 Å². The summed E-state index contributed by atoms with van der Waals surface area (Å²) >= 11 is 1.80. The molecule has 1 heterocycles. The van der Waals surface area contributed by atoms with Crippen LogP contribution in [0.3, 0.4) is 0 Å². The van der Waals surface area contributed by atoms with E-state index in [4.69, 9.17) is 5.73 Å². The van der Waals surface area contributed by atoms with Crippen LogP contribution in [0, 0.1) is 27.7 Å². The van der Waals surface area contributed by atoms with Crippen molar-refractivity contribution in [3.05, 3.63) is 56.3 Å². The summed E-state index contributed by atoms with van der Waals surface area (Å²) in [4.78, 5) is 2.62. The maximum atomic E-state index is 6.33. The van der Waals surface area contributed by atoms with E-state index >= 15 is 0 Å². The Balaban J connectivity index is 2.24. The Morgan fingerprint density at radius 1 is 1.06 bits per heavy atom. The minimum Gasteiger partial charge on any atom is -0.323 e.